The monoisotopic (exact) mass is 696 g/mol. The van der Waals surface area contributed by atoms with Gasteiger partial charge in [-0.05, 0) is 81.1 Å². The van der Waals surface area contributed by atoms with Crippen LogP contribution in [0.4, 0.5) is 20.7 Å². The van der Waals surface area contributed by atoms with E-state index >= 15 is 0 Å². The van der Waals surface area contributed by atoms with Crippen LogP contribution in [0.25, 0.3) is 10.8 Å². The van der Waals surface area contributed by atoms with Crippen LogP contribution in [0.3, 0.4) is 0 Å². The molecule has 9 nitrogen and oxygen atoms in total. The van der Waals surface area contributed by atoms with Crippen LogP contribution in [0.15, 0.2) is 60.7 Å². The summed E-state index contributed by atoms with van der Waals surface area (Å²) >= 11 is 6.57. The maximum absolute atomic E-state index is 14.7. The van der Waals surface area contributed by atoms with E-state index in [9.17, 15) is 9.18 Å². The molecule has 4 aromatic rings. The number of amides is 1. The molecule has 5 aliphatic heterocycles. The third kappa shape index (κ3) is 5.61. The van der Waals surface area contributed by atoms with Crippen LogP contribution in [0.1, 0.15) is 55.3 Å². The molecule has 0 radical (unpaired) electrons. The molecule has 1 aromatic heterocycles. The molecule has 2 atom stereocenters. The summed E-state index contributed by atoms with van der Waals surface area (Å²) in [6.45, 7) is 5.71. The van der Waals surface area contributed by atoms with Crippen LogP contribution in [0.2, 0.25) is 5.02 Å². The van der Waals surface area contributed by atoms with Gasteiger partial charge in [-0.2, -0.15) is 9.97 Å². The number of hydrogen-bond acceptors (Lipinski definition) is 8. The Morgan fingerprint density at radius 3 is 2.48 bits per heavy atom. The summed E-state index contributed by atoms with van der Waals surface area (Å²) < 4.78 is 27.1. The molecule has 4 saturated heterocycles. The summed E-state index contributed by atoms with van der Waals surface area (Å²) in [4.78, 5) is 32.7. The van der Waals surface area contributed by atoms with Crippen molar-refractivity contribution in [2.45, 2.75) is 75.7 Å². The zero-order chi connectivity index (χ0) is 33.8. The largest absolute Gasteiger partial charge is 0.461 e. The molecule has 9 rings (SSSR count). The van der Waals surface area contributed by atoms with E-state index in [1.54, 1.807) is 6.07 Å². The lowest BCUT2D eigenvalue weighted by Gasteiger charge is -2.42. The number of halogens is 2. The number of rotatable bonds is 7. The molecule has 6 heterocycles. The third-order valence-electron chi connectivity index (χ3n) is 11.8. The van der Waals surface area contributed by atoms with Gasteiger partial charge >= 0.3 is 12.1 Å². The summed E-state index contributed by atoms with van der Waals surface area (Å²) in [6.07, 6.45) is 7.03. The molecule has 2 bridgehead atoms. The zero-order valence-electron chi connectivity index (χ0n) is 28.2. The van der Waals surface area contributed by atoms with Gasteiger partial charge in [-0.25, -0.2) is 9.18 Å². The molecule has 5 aliphatic rings. The molecule has 1 amide bonds. The summed E-state index contributed by atoms with van der Waals surface area (Å²) in [5.41, 5.74) is 3.99. The molecule has 260 valence electrons. The summed E-state index contributed by atoms with van der Waals surface area (Å²) in [5, 5.41) is 1.76. The van der Waals surface area contributed by atoms with Crippen molar-refractivity contribution in [2.24, 2.45) is 0 Å². The Hall–Kier alpha value is -4.15. The van der Waals surface area contributed by atoms with Gasteiger partial charge in [0.1, 0.15) is 24.8 Å². The van der Waals surface area contributed by atoms with Gasteiger partial charge in [-0.15, -0.1) is 0 Å². The van der Waals surface area contributed by atoms with Crippen LogP contribution < -0.4 is 14.5 Å². The predicted molar refractivity (Wildman–Crippen MR) is 191 cm³/mol. The SMILES string of the molecule is O=C(OCc1ccccc1)N1C2CCC1CN(c1nc(OCC34CCCN3CCC4)nc3c1CCN(c1cccc4ccc(F)c(Cl)c14)C3)C2. The Morgan fingerprint density at radius 2 is 1.70 bits per heavy atom. The minimum Gasteiger partial charge on any atom is -0.461 e. The molecular weight excluding hydrogens is 655 g/mol. The van der Waals surface area contributed by atoms with Gasteiger partial charge in [0, 0.05) is 36.3 Å². The van der Waals surface area contributed by atoms with Crippen LogP contribution in [-0.4, -0.2) is 82.8 Å². The smallest absolute Gasteiger partial charge is 0.410 e. The number of ether oxygens (including phenoxy) is 2. The first-order chi connectivity index (χ1) is 24.5. The van der Waals surface area contributed by atoms with E-state index < -0.39 is 5.82 Å². The van der Waals surface area contributed by atoms with Crippen LogP contribution >= 0.6 is 11.6 Å². The summed E-state index contributed by atoms with van der Waals surface area (Å²) in [5.74, 6) is 0.488. The first-order valence-electron chi connectivity index (χ1n) is 18.1. The van der Waals surface area contributed by atoms with Crippen molar-refractivity contribution in [2.75, 3.05) is 49.1 Å². The fraction of sp³-hybridized carbons (Fsp3) is 0.462. The molecule has 11 heteroatoms. The van der Waals surface area contributed by atoms with Crippen molar-refractivity contribution in [3.05, 3.63) is 88.3 Å². The van der Waals surface area contributed by atoms with E-state index in [-0.39, 0.29) is 35.3 Å². The fourth-order valence-corrected chi connectivity index (χ4v) is 9.57. The lowest BCUT2D eigenvalue weighted by Crippen LogP contribution is -2.56. The second-order valence-corrected chi connectivity index (χ2v) is 15.0. The minimum atomic E-state index is -0.422. The van der Waals surface area contributed by atoms with Gasteiger partial charge in [-0.3, -0.25) is 9.80 Å². The Bertz CT molecular complexity index is 1910. The second kappa shape index (κ2) is 12.9. The van der Waals surface area contributed by atoms with Crippen molar-refractivity contribution >= 4 is 40.0 Å². The van der Waals surface area contributed by atoms with Crippen molar-refractivity contribution in [3.63, 3.8) is 0 Å². The highest BCUT2D eigenvalue weighted by atomic mass is 35.5. The fourth-order valence-electron chi connectivity index (χ4n) is 9.30. The average molecular weight is 697 g/mol. The van der Waals surface area contributed by atoms with Gasteiger partial charge < -0.3 is 19.3 Å². The Kier molecular flexibility index (Phi) is 8.19. The van der Waals surface area contributed by atoms with Crippen LogP contribution in [0.5, 0.6) is 6.01 Å². The molecule has 4 fully saturated rings. The highest BCUT2D eigenvalue weighted by Crippen LogP contribution is 2.42. The van der Waals surface area contributed by atoms with E-state index in [1.165, 1.54) is 18.9 Å². The Balaban J connectivity index is 1.01. The first-order valence-corrected chi connectivity index (χ1v) is 18.5. The number of carbonyl (C=O) groups excluding carboxylic acids is 1. The first kappa shape index (κ1) is 31.8. The lowest BCUT2D eigenvalue weighted by atomic mass is 9.95. The van der Waals surface area contributed by atoms with Crippen LogP contribution in [-0.2, 0) is 24.3 Å². The Labute approximate surface area is 296 Å². The molecule has 3 aromatic carbocycles. The minimum absolute atomic E-state index is 0.0456. The van der Waals surface area contributed by atoms with Gasteiger partial charge in [-0.1, -0.05) is 60.1 Å². The van der Waals surface area contributed by atoms with Gasteiger partial charge in [0.05, 0.1) is 34.9 Å². The maximum Gasteiger partial charge on any atom is 0.410 e. The van der Waals surface area contributed by atoms with Crippen molar-refractivity contribution in [1.29, 1.82) is 0 Å². The lowest BCUT2D eigenvalue weighted by molar-refractivity contribution is 0.0732. The van der Waals surface area contributed by atoms with Crippen LogP contribution in [0, 0.1) is 5.82 Å². The molecule has 0 spiro atoms. The van der Waals surface area contributed by atoms with Gasteiger partial charge in [0.25, 0.3) is 0 Å². The maximum atomic E-state index is 14.7. The standard InChI is InChI=1S/C39H42ClFN6O3/c40-35-31(41)14-11-27-9-4-10-33(34(27)35)44-20-15-30-32(23-44)42-37(50-25-39-16-5-18-46(39)19-6-17-39)43-36(30)45-21-28-12-13-29(22-45)47(28)38(48)49-24-26-7-2-1-3-8-26/h1-4,7-11,14,28-29H,5-6,12-13,15-25H2. The molecular formula is C39H42ClFN6O3. The van der Waals surface area contributed by atoms with Gasteiger partial charge in [0.2, 0.25) is 0 Å². The number of benzene rings is 3. The highest BCUT2D eigenvalue weighted by molar-refractivity contribution is 6.36. The zero-order valence-corrected chi connectivity index (χ0v) is 29.0. The predicted octanol–water partition coefficient (Wildman–Crippen LogP) is 6.98. The van der Waals surface area contributed by atoms with Crippen molar-refractivity contribution in [3.8, 4) is 6.01 Å². The van der Waals surface area contributed by atoms with E-state index in [2.05, 4.69) is 14.7 Å². The number of fused-ring (bicyclic) bond motifs is 5. The van der Waals surface area contributed by atoms with Crippen molar-refractivity contribution in [1.82, 2.24) is 19.8 Å². The number of hydrogen-bond donors (Lipinski definition) is 0. The number of anilines is 2. The highest BCUT2D eigenvalue weighted by Gasteiger charge is 2.46. The topological polar surface area (TPSA) is 74.3 Å². The summed E-state index contributed by atoms with van der Waals surface area (Å²) in [6, 6.07) is 19.5. The Morgan fingerprint density at radius 1 is 0.920 bits per heavy atom. The molecule has 2 unspecified atom stereocenters. The molecule has 0 N–H and O–H groups in total. The average Bonchev–Trinajstić information content (AvgIpc) is 3.81. The van der Waals surface area contributed by atoms with E-state index in [4.69, 9.17) is 31.0 Å². The summed E-state index contributed by atoms with van der Waals surface area (Å²) in [7, 11) is 0. The van der Waals surface area contributed by atoms with Gasteiger partial charge in [0.15, 0.2) is 0 Å². The quantitative estimate of drug-likeness (QED) is 0.205. The molecule has 0 aliphatic carbocycles. The third-order valence-corrected chi connectivity index (χ3v) is 12.1. The number of nitrogens with zero attached hydrogens (tertiary/aromatic N) is 6. The van der Waals surface area contributed by atoms with Crippen molar-refractivity contribution < 1.29 is 18.7 Å². The van der Waals surface area contributed by atoms with E-state index in [0.717, 1.165) is 84.3 Å². The van der Waals surface area contributed by atoms with E-state index in [0.29, 0.717) is 38.8 Å². The molecule has 0 saturated carbocycles. The number of piperazine rings is 1. The van der Waals surface area contributed by atoms with E-state index in [1.807, 2.05) is 53.4 Å². The number of aromatic nitrogens is 2. The second-order valence-electron chi connectivity index (χ2n) is 14.6. The normalized spacial score (nSPS) is 22.6. The number of carbonyl (C=O) groups is 1. The molecule has 50 heavy (non-hydrogen) atoms.